The lowest BCUT2D eigenvalue weighted by Crippen LogP contribution is -2.50. The minimum absolute atomic E-state index is 0.0463. The maximum atomic E-state index is 16.5. The minimum Gasteiger partial charge on any atom is -0.488 e. The molecular weight excluding hydrogens is 1020 g/mol. The molecule has 1 aliphatic carbocycles. The zero-order chi connectivity index (χ0) is 54.4. The van der Waals surface area contributed by atoms with Crippen molar-refractivity contribution in [3.8, 4) is 22.6 Å². The number of urea groups is 1. The number of benzene rings is 4. The van der Waals surface area contributed by atoms with Gasteiger partial charge in [-0.3, -0.25) is 28.9 Å². The lowest BCUT2D eigenvalue weighted by Gasteiger charge is -2.39. The van der Waals surface area contributed by atoms with Gasteiger partial charge >= 0.3 is 6.03 Å². The Morgan fingerprint density at radius 1 is 0.883 bits per heavy atom. The van der Waals surface area contributed by atoms with E-state index < -0.39 is 58.4 Å². The number of aromatic nitrogens is 2. The Morgan fingerprint density at radius 3 is 2.29 bits per heavy atom. The van der Waals surface area contributed by atoms with Crippen LogP contribution in [-0.2, 0) is 22.2 Å². The molecule has 15 nitrogen and oxygen atoms in total. The number of likely N-dealkylation sites (tertiary alicyclic amines) is 2. The van der Waals surface area contributed by atoms with Gasteiger partial charge in [-0.15, -0.1) is 0 Å². The van der Waals surface area contributed by atoms with Crippen LogP contribution in [0.5, 0.6) is 11.5 Å². The highest BCUT2D eigenvalue weighted by atomic mass is 35.5. The Hall–Kier alpha value is -6.28. The molecule has 77 heavy (non-hydrogen) atoms. The summed E-state index contributed by atoms with van der Waals surface area (Å²) in [6.45, 7) is 5.50. The van der Waals surface area contributed by atoms with Gasteiger partial charge in [-0.2, -0.15) is 5.10 Å². The van der Waals surface area contributed by atoms with E-state index in [9.17, 15) is 24.3 Å². The molecule has 0 spiro atoms. The molecular formula is C57H65ClF4N8O7. The number of rotatable bonds is 15. The highest BCUT2D eigenvalue weighted by Gasteiger charge is 2.50. The fraction of sp³-hybridized carbons (Fsp3) is 0.491. The van der Waals surface area contributed by atoms with Gasteiger partial charge in [0, 0.05) is 99.3 Å². The average molecular weight is 1090 g/mol. The van der Waals surface area contributed by atoms with E-state index >= 15 is 17.6 Å². The van der Waals surface area contributed by atoms with Crippen molar-refractivity contribution in [2.45, 2.75) is 94.6 Å². The third kappa shape index (κ3) is 10.1. The molecule has 4 aliphatic heterocycles. The summed E-state index contributed by atoms with van der Waals surface area (Å²) < 4.78 is 78.1. The van der Waals surface area contributed by atoms with Crippen molar-refractivity contribution in [1.29, 1.82) is 0 Å². The molecule has 4 aromatic carbocycles. The van der Waals surface area contributed by atoms with E-state index in [4.69, 9.17) is 26.8 Å². The van der Waals surface area contributed by atoms with Gasteiger partial charge < -0.3 is 35.4 Å². The van der Waals surface area contributed by atoms with Crippen LogP contribution in [0.15, 0.2) is 54.6 Å². The topological polar surface area (TPSA) is 176 Å². The summed E-state index contributed by atoms with van der Waals surface area (Å²) in [6.07, 6.45) is 6.56. The Kier molecular flexibility index (Phi) is 15.6. The van der Waals surface area contributed by atoms with E-state index in [0.717, 1.165) is 55.5 Å². The summed E-state index contributed by atoms with van der Waals surface area (Å²) in [7, 11) is 2.95. The number of imide groups is 1. The molecule has 5 aliphatic rings. The first-order valence-electron chi connectivity index (χ1n) is 26.8. The van der Waals surface area contributed by atoms with E-state index in [0.29, 0.717) is 63.5 Å². The Morgan fingerprint density at radius 2 is 1.60 bits per heavy atom. The van der Waals surface area contributed by atoms with Crippen LogP contribution in [0.1, 0.15) is 110 Å². The zero-order valence-electron chi connectivity index (χ0n) is 43.6. The predicted octanol–water partition coefficient (Wildman–Crippen LogP) is 8.76. The third-order valence-electron chi connectivity index (χ3n) is 17.1. The fourth-order valence-corrected chi connectivity index (χ4v) is 13.1. The van der Waals surface area contributed by atoms with Gasteiger partial charge in [0.25, 0.3) is 0 Å². The molecule has 2 atom stereocenters. The van der Waals surface area contributed by atoms with Crippen LogP contribution in [0.2, 0.25) is 5.02 Å². The molecule has 4 N–H and O–H groups in total. The number of aliphatic hydroxyl groups is 1. The molecule has 1 unspecified atom stereocenters. The number of nitrogens with zero attached hydrogens (tertiary/aromatic N) is 6. The Balaban J connectivity index is 0.720. The van der Waals surface area contributed by atoms with Crippen LogP contribution in [0.3, 0.4) is 0 Å². The van der Waals surface area contributed by atoms with Crippen LogP contribution in [0, 0.1) is 35.1 Å². The van der Waals surface area contributed by atoms with Crippen molar-refractivity contribution in [3.63, 3.8) is 0 Å². The maximum absolute atomic E-state index is 16.5. The van der Waals surface area contributed by atoms with Crippen LogP contribution in [-0.4, -0.2) is 125 Å². The highest BCUT2D eigenvalue weighted by molar-refractivity contribution is 6.34. The summed E-state index contributed by atoms with van der Waals surface area (Å²) in [4.78, 5) is 58.4. The van der Waals surface area contributed by atoms with Crippen LogP contribution in [0.4, 0.5) is 28.2 Å². The number of piperidine rings is 2. The number of aliphatic hydroxyl groups excluding tert-OH is 1. The molecule has 0 bridgehead atoms. The molecule has 5 amide bonds. The predicted molar refractivity (Wildman–Crippen MR) is 282 cm³/mol. The van der Waals surface area contributed by atoms with E-state index in [2.05, 4.69) is 15.3 Å². The molecule has 410 valence electrons. The number of ether oxygens (including phenoxy) is 2. The number of carbonyl (C=O) groups is 4. The number of nitrogens with one attached hydrogen (secondary N) is 1. The molecule has 1 saturated carbocycles. The summed E-state index contributed by atoms with van der Waals surface area (Å²) in [5, 5.41) is 17.3. The minimum atomic E-state index is -1.06. The summed E-state index contributed by atoms with van der Waals surface area (Å²) in [6, 6.07) is 14.1. The van der Waals surface area contributed by atoms with E-state index in [1.54, 1.807) is 7.05 Å². The quantitative estimate of drug-likeness (QED) is 0.0860. The Labute approximate surface area is 449 Å². The van der Waals surface area contributed by atoms with Crippen LogP contribution >= 0.6 is 11.6 Å². The molecule has 3 saturated heterocycles. The second kappa shape index (κ2) is 22.2. The van der Waals surface area contributed by atoms with Crippen LogP contribution in [0.25, 0.3) is 22.0 Å². The highest BCUT2D eigenvalue weighted by Crippen LogP contribution is 2.58. The van der Waals surface area contributed by atoms with Crippen LogP contribution < -0.4 is 25.4 Å². The number of nitrogens with two attached hydrogens (primary N) is 1. The largest absolute Gasteiger partial charge is 0.488 e. The standard InChI is InChI=1S/C57H65ClF4N8O7/c1-32-45-43(30-41(60)49(58)48(45)47-38(53(63)73)13-14-42(50(47)61)76-28-27-71)77-57(32,36-7-5-4-6-8-36)20-21-64-37-11-9-35(10-12-37)55(74)69-24-15-33(16-25-69)31-68-22-17-34(18-23-68)46-40(59)29-39-52(51(46)62)67(3)65-54(39)70-26-19-44(72)66(2)56(70)75/h4-8,13-14,29-30,32-35,37,64,71H,9-12,15-28,31H2,1-3H3,(H2,63,73)/t32-,35?,37?,57?/m0/s1. The number of hydrogen-bond donors (Lipinski definition) is 3. The summed E-state index contributed by atoms with van der Waals surface area (Å²) in [5.74, 6) is -4.75. The SMILES string of the molecule is C[C@H]1c2c(cc(F)c(Cl)c2-c2c(C(N)=O)ccc(OCCO)c2F)OC1(CCNC1CCC(C(=O)N2CCC(CN3CCC(c4c(F)cc5c(N6CCC(=O)N(C)C6=O)nn(C)c5c4F)CC3)CC2)CC1)c1ccccc1. The lowest BCUT2D eigenvalue weighted by atomic mass is 9.75. The van der Waals surface area contributed by atoms with Crippen molar-refractivity contribution in [2.75, 3.05) is 71.0 Å². The fourth-order valence-electron chi connectivity index (χ4n) is 12.9. The van der Waals surface area contributed by atoms with Gasteiger partial charge in [-0.05, 0) is 107 Å². The van der Waals surface area contributed by atoms with Crippen molar-refractivity contribution >= 4 is 52.1 Å². The van der Waals surface area contributed by atoms with Crippen molar-refractivity contribution in [2.24, 2.45) is 24.6 Å². The number of halogens is 5. The normalized spacial score (nSPS) is 22.7. The number of fused-ring (bicyclic) bond motifs is 2. The van der Waals surface area contributed by atoms with Gasteiger partial charge in [0.15, 0.2) is 23.2 Å². The van der Waals surface area contributed by atoms with Gasteiger partial charge in [0.1, 0.15) is 35.1 Å². The number of aryl methyl sites for hydroxylation is 1. The van der Waals surface area contributed by atoms with E-state index in [1.165, 1.54) is 40.9 Å². The number of anilines is 1. The lowest BCUT2D eigenvalue weighted by molar-refractivity contribution is -0.138. The first-order valence-corrected chi connectivity index (χ1v) is 27.2. The molecule has 20 heteroatoms. The second-order valence-corrected chi connectivity index (χ2v) is 21.8. The Bertz CT molecular complexity index is 3090. The van der Waals surface area contributed by atoms with Gasteiger partial charge in [0.2, 0.25) is 17.7 Å². The van der Waals surface area contributed by atoms with Crippen molar-refractivity contribution < 1.29 is 51.3 Å². The first-order chi connectivity index (χ1) is 37.0. The maximum Gasteiger partial charge on any atom is 0.332 e. The number of primary amides is 1. The molecule has 1 aromatic heterocycles. The first kappa shape index (κ1) is 54.1. The molecule has 10 rings (SSSR count). The number of hydrogen-bond acceptors (Lipinski definition) is 10. The van der Waals surface area contributed by atoms with Crippen molar-refractivity contribution in [1.82, 2.24) is 29.8 Å². The molecule has 5 heterocycles. The molecule has 4 fully saturated rings. The summed E-state index contributed by atoms with van der Waals surface area (Å²) >= 11 is 6.71. The zero-order valence-corrected chi connectivity index (χ0v) is 44.3. The molecule has 5 aromatic rings. The van der Waals surface area contributed by atoms with Crippen molar-refractivity contribution in [3.05, 3.63) is 105 Å². The number of amides is 5. The van der Waals surface area contributed by atoms with Gasteiger partial charge in [-0.1, -0.05) is 48.9 Å². The smallest absolute Gasteiger partial charge is 0.332 e. The van der Waals surface area contributed by atoms with Gasteiger partial charge in [0.05, 0.1) is 22.6 Å². The van der Waals surface area contributed by atoms with E-state index in [1.807, 2.05) is 42.2 Å². The average Bonchev–Trinajstić information content (AvgIpc) is 4.11. The van der Waals surface area contributed by atoms with Gasteiger partial charge in [-0.25, -0.2) is 22.4 Å². The monoisotopic (exact) mass is 1080 g/mol. The summed E-state index contributed by atoms with van der Waals surface area (Å²) in [5.41, 5.74) is 5.50. The third-order valence-corrected chi connectivity index (χ3v) is 17.4. The molecule has 0 radical (unpaired) electrons. The van der Waals surface area contributed by atoms with E-state index in [-0.39, 0.29) is 99.7 Å². The second-order valence-electron chi connectivity index (χ2n) is 21.4. The number of carbonyl (C=O) groups excluding carboxylic acids is 4.